The van der Waals surface area contributed by atoms with Crippen molar-refractivity contribution in [3.8, 4) is 0 Å². The van der Waals surface area contributed by atoms with Gasteiger partial charge in [-0.2, -0.15) is 0 Å². The standard InChI is InChI=1S/C20H42O.Po.2H/c1-3-5-6-7-8-9-10-11-12-13-14-15-16-17-18-19-20-21-4-2;;;/h3-20H2,1-2H3;;;. The summed E-state index contributed by atoms with van der Waals surface area (Å²) in [6.07, 6.45) is 22.9. The van der Waals surface area contributed by atoms with Crippen molar-refractivity contribution in [1.29, 1.82) is 0 Å². The molecular formula is C20H44OPo. The fraction of sp³-hybridized carbons (Fsp3) is 1.00. The summed E-state index contributed by atoms with van der Waals surface area (Å²) in [6, 6.07) is 0. The Kier molecular flexibility index (Phi) is 27.5. The topological polar surface area (TPSA) is 9.23 Å². The van der Waals surface area contributed by atoms with Crippen LogP contribution in [-0.2, 0) is 4.74 Å². The van der Waals surface area contributed by atoms with Crippen LogP contribution in [0.25, 0.3) is 0 Å². The van der Waals surface area contributed by atoms with Crippen LogP contribution in [0.1, 0.15) is 117 Å². The third-order valence-corrected chi connectivity index (χ3v) is 4.35. The Bertz CT molecular complexity index is 155. The van der Waals surface area contributed by atoms with Gasteiger partial charge in [0.05, 0.1) is 0 Å². The molecule has 0 atom stereocenters. The molecule has 0 saturated heterocycles. The number of rotatable bonds is 18. The van der Waals surface area contributed by atoms with Crippen molar-refractivity contribution in [1.82, 2.24) is 0 Å². The molecule has 0 aromatic rings. The van der Waals surface area contributed by atoms with E-state index in [1.165, 1.54) is 103 Å². The third-order valence-electron chi connectivity index (χ3n) is 4.35. The van der Waals surface area contributed by atoms with Gasteiger partial charge in [0.1, 0.15) is 0 Å². The summed E-state index contributed by atoms with van der Waals surface area (Å²) in [4.78, 5) is 0. The van der Waals surface area contributed by atoms with Crippen LogP contribution in [0.3, 0.4) is 0 Å². The molecule has 0 aliphatic carbocycles. The van der Waals surface area contributed by atoms with Gasteiger partial charge in [-0.3, -0.25) is 0 Å². The van der Waals surface area contributed by atoms with E-state index in [-0.39, 0.29) is 26.6 Å². The first-order valence-electron chi connectivity index (χ1n) is 9.99. The Morgan fingerprint density at radius 1 is 0.455 bits per heavy atom. The fourth-order valence-electron chi connectivity index (χ4n) is 2.90. The summed E-state index contributed by atoms with van der Waals surface area (Å²) >= 11 is 0. The molecule has 0 rings (SSSR count). The van der Waals surface area contributed by atoms with Crippen molar-refractivity contribution in [3.05, 3.63) is 0 Å². The van der Waals surface area contributed by atoms with E-state index in [4.69, 9.17) is 4.74 Å². The second kappa shape index (κ2) is 24.1. The molecular weight excluding hydrogens is 465 g/mol. The maximum atomic E-state index is 5.35. The van der Waals surface area contributed by atoms with Crippen LogP contribution in [0.2, 0.25) is 0 Å². The minimum absolute atomic E-state index is 0. The molecule has 0 heterocycles. The first-order chi connectivity index (χ1) is 10.4. The molecule has 0 amide bonds. The van der Waals surface area contributed by atoms with Gasteiger partial charge in [-0.25, -0.2) is 0 Å². The summed E-state index contributed by atoms with van der Waals surface area (Å²) in [5, 5.41) is 0. The zero-order chi connectivity index (χ0) is 15.4. The van der Waals surface area contributed by atoms with Gasteiger partial charge in [0.25, 0.3) is 0 Å². The Morgan fingerprint density at radius 3 is 1.09 bits per heavy atom. The summed E-state index contributed by atoms with van der Waals surface area (Å²) in [6.45, 7) is 6.21. The zero-order valence-corrected chi connectivity index (χ0v) is 19.5. The molecule has 0 bridgehead atoms. The Balaban J connectivity index is 0. The number of hydrogen-bond donors (Lipinski definition) is 0. The average Bonchev–Trinajstić information content (AvgIpc) is 2.50. The predicted molar refractivity (Wildman–Crippen MR) is 105 cm³/mol. The first kappa shape index (κ1) is 25.1. The van der Waals surface area contributed by atoms with Crippen molar-refractivity contribution in [2.75, 3.05) is 13.2 Å². The Hall–Kier alpha value is 0.856. The molecule has 1 nitrogen and oxygen atoms in total. The van der Waals surface area contributed by atoms with Crippen LogP contribution >= 0.6 is 0 Å². The predicted octanol–water partition coefficient (Wildman–Crippen LogP) is 6.37. The Morgan fingerprint density at radius 2 is 0.773 bits per heavy atom. The summed E-state index contributed by atoms with van der Waals surface area (Å²) < 4.78 is 5.35. The van der Waals surface area contributed by atoms with Crippen molar-refractivity contribution < 1.29 is 4.74 Å². The maximum absolute atomic E-state index is 5.35. The van der Waals surface area contributed by atoms with Crippen molar-refractivity contribution in [3.63, 3.8) is 0 Å². The Labute approximate surface area is 160 Å². The normalized spacial score (nSPS) is 10.6. The molecule has 0 aliphatic heterocycles. The third kappa shape index (κ3) is 23.1. The number of hydrogen-bond acceptors (Lipinski definition) is 1. The quantitative estimate of drug-likeness (QED) is 0.195. The molecule has 0 aromatic heterocycles. The van der Waals surface area contributed by atoms with Crippen molar-refractivity contribution in [2.45, 2.75) is 117 Å². The monoisotopic (exact) mass is 509 g/mol. The van der Waals surface area contributed by atoms with E-state index in [0.29, 0.717) is 0 Å². The zero-order valence-electron chi connectivity index (χ0n) is 15.6. The molecule has 0 fully saturated rings. The van der Waals surface area contributed by atoms with E-state index in [0.717, 1.165) is 13.2 Å². The van der Waals surface area contributed by atoms with Gasteiger partial charge in [0.15, 0.2) is 0 Å². The van der Waals surface area contributed by atoms with E-state index in [9.17, 15) is 0 Å². The van der Waals surface area contributed by atoms with Crippen molar-refractivity contribution >= 4 is 26.6 Å². The van der Waals surface area contributed by atoms with Crippen LogP contribution in [0.5, 0.6) is 0 Å². The number of unbranched alkanes of at least 4 members (excludes halogenated alkanes) is 15. The summed E-state index contributed by atoms with van der Waals surface area (Å²) in [5.41, 5.74) is 0. The average molecular weight is 510 g/mol. The van der Waals surface area contributed by atoms with Gasteiger partial charge < -0.3 is 4.74 Å². The van der Waals surface area contributed by atoms with Gasteiger partial charge in [0.2, 0.25) is 0 Å². The van der Waals surface area contributed by atoms with Crippen LogP contribution in [-0.4, -0.2) is 39.8 Å². The van der Waals surface area contributed by atoms with Crippen LogP contribution in [0, 0.1) is 0 Å². The van der Waals surface area contributed by atoms with Crippen LogP contribution in [0.15, 0.2) is 0 Å². The number of ether oxygens (including phenoxy) is 1. The SMILES string of the molecule is CCCCCCCCCCCCCCCCCCOCC.[PoH2]. The molecule has 0 aliphatic rings. The second-order valence-electron chi connectivity index (χ2n) is 6.50. The van der Waals surface area contributed by atoms with E-state index in [1.807, 2.05) is 0 Å². The van der Waals surface area contributed by atoms with E-state index >= 15 is 0 Å². The molecule has 136 valence electrons. The molecule has 2 heteroatoms. The second-order valence-corrected chi connectivity index (χ2v) is 6.50. The molecule has 0 radical (unpaired) electrons. The molecule has 0 saturated carbocycles. The van der Waals surface area contributed by atoms with E-state index in [1.54, 1.807) is 0 Å². The van der Waals surface area contributed by atoms with E-state index < -0.39 is 0 Å². The van der Waals surface area contributed by atoms with Gasteiger partial charge in [-0.1, -0.05) is 103 Å². The van der Waals surface area contributed by atoms with Crippen LogP contribution < -0.4 is 0 Å². The first-order valence-corrected chi connectivity index (χ1v) is 9.99. The minimum atomic E-state index is 0. The van der Waals surface area contributed by atoms with Gasteiger partial charge in [0, 0.05) is 13.2 Å². The molecule has 22 heavy (non-hydrogen) atoms. The van der Waals surface area contributed by atoms with Crippen LogP contribution in [0.4, 0.5) is 0 Å². The summed E-state index contributed by atoms with van der Waals surface area (Å²) in [7, 11) is 0. The van der Waals surface area contributed by atoms with Crippen molar-refractivity contribution in [2.24, 2.45) is 0 Å². The van der Waals surface area contributed by atoms with E-state index in [2.05, 4.69) is 13.8 Å². The van der Waals surface area contributed by atoms with Gasteiger partial charge >= 0.3 is 26.6 Å². The molecule has 0 spiro atoms. The molecule has 0 aromatic carbocycles. The van der Waals surface area contributed by atoms with Gasteiger partial charge in [-0.15, -0.1) is 0 Å². The summed E-state index contributed by atoms with van der Waals surface area (Å²) in [5.74, 6) is 0. The fourth-order valence-corrected chi connectivity index (χ4v) is 2.90. The molecule has 0 unspecified atom stereocenters. The van der Waals surface area contributed by atoms with Gasteiger partial charge in [-0.05, 0) is 13.3 Å². The molecule has 0 N–H and O–H groups in total.